The van der Waals surface area contributed by atoms with Gasteiger partial charge in [-0.25, -0.2) is 0 Å². The van der Waals surface area contributed by atoms with E-state index in [1.54, 1.807) is 11.3 Å². The molecule has 0 amide bonds. The molecule has 2 nitrogen and oxygen atoms in total. The Kier molecular flexibility index (Phi) is 4.76. The molecule has 0 aliphatic rings. The summed E-state index contributed by atoms with van der Waals surface area (Å²) in [6.45, 7) is 2.15. The average molecular weight is 360 g/mol. The molecule has 0 aliphatic heterocycles. The van der Waals surface area contributed by atoms with Crippen LogP contribution in [0.2, 0.25) is 5.02 Å². The topological polar surface area (TPSA) is 15.3 Å². The Hall–Kier alpha value is -0.710. The number of nitrogens with zero attached hydrogens (tertiary/aromatic N) is 1. The van der Waals surface area contributed by atoms with Crippen LogP contribution in [0.5, 0.6) is 0 Å². The summed E-state index contributed by atoms with van der Waals surface area (Å²) in [4.78, 5) is 3.36. The predicted molar refractivity (Wildman–Crippen MR) is 89.8 cm³/mol. The smallest absolute Gasteiger partial charge is 0.0598 e. The van der Waals surface area contributed by atoms with Gasteiger partial charge in [0, 0.05) is 28.5 Å². The van der Waals surface area contributed by atoms with Crippen molar-refractivity contribution in [2.24, 2.45) is 0 Å². The normalized spacial score (nSPS) is 12.3. The van der Waals surface area contributed by atoms with Gasteiger partial charge in [-0.3, -0.25) is 0 Å². The van der Waals surface area contributed by atoms with Crippen molar-refractivity contribution in [3.8, 4) is 0 Å². The van der Waals surface area contributed by atoms with Crippen LogP contribution in [0.3, 0.4) is 0 Å². The van der Waals surface area contributed by atoms with Gasteiger partial charge in [0.05, 0.1) is 17.4 Å². The SMILES string of the molecule is CC(Nc1cc(Cl)ccc1N(C)C)c1sccc1Br. The van der Waals surface area contributed by atoms with Gasteiger partial charge in [0.1, 0.15) is 0 Å². The quantitative estimate of drug-likeness (QED) is 0.786. The number of hydrogen-bond acceptors (Lipinski definition) is 3. The predicted octanol–water partition coefficient (Wildman–Crippen LogP) is 5.40. The molecule has 1 aromatic heterocycles. The van der Waals surface area contributed by atoms with Crippen molar-refractivity contribution in [3.63, 3.8) is 0 Å². The third-order valence-electron chi connectivity index (χ3n) is 2.85. The van der Waals surface area contributed by atoms with Gasteiger partial charge in [-0.1, -0.05) is 11.6 Å². The first-order valence-corrected chi connectivity index (χ1v) is 8.00. The van der Waals surface area contributed by atoms with Crippen LogP contribution in [-0.2, 0) is 0 Å². The zero-order valence-electron chi connectivity index (χ0n) is 11.1. The van der Waals surface area contributed by atoms with Crippen LogP contribution < -0.4 is 10.2 Å². The van der Waals surface area contributed by atoms with Crippen molar-refractivity contribution in [1.82, 2.24) is 0 Å². The molecule has 0 saturated carbocycles. The van der Waals surface area contributed by atoms with E-state index in [9.17, 15) is 0 Å². The molecule has 1 aromatic carbocycles. The highest BCUT2D eigenvalue weighted by Crippen LogP contribution is 2.34. The molecule has 5 heteroatoms. The lowest BCUT2D eigenvalue weighted by Crippen LogP contribution is -2.13. The first kappa shape index (κ1) is 14.7. The fourth-order valence-electron chi connectivity index (χ4n) is 1.93. The third-order valence-corrected chi connectivity index (χ3v) is 5.14. The van der Waals surface area contributed by atoms with Gasteiger partial charge < -0.3 is 10.2 Å². The molecule has 1 atom stereocenters. The van der Waals surface area contributed by atoms with Crippen molar-refractivity contribution in [2.45, 2.75) is 13.0 Å². The molecule has 0 aliphatic carbocycles. The molecule has 102 valence electrons. The van der Waals surface area contributed by atoms with E-state index in [2.05, 4.69) is 44.5 Å². The summed E-state index contributed by atoms with van der Waals surface area (Å²) in [6, 6.07) is 8.21. The van der Waals surface area contributed by atoms with Crippen LogP contribution in [0.4, 0.5) is 11.4 Å². The molecule has 0 bridgehead atoms. The first-order valence-electron chi connectivity index (χ1n) is 5.95. The summed E-state index contributed by atoms with van der Waals surface area (Å²) in [5, 5.41) is 6.36. The van der Waals surface area contributed by atoms with Crippen LogP contribution in [0.15, 0.2) is 34.1 Å². The van der Waals surface area contributed by atoms with Crippen LogP contribution >= 0.6 is 38.9 Å². The van der Waals surface area contributed by atoms with E-state index in [-0.39, 0.29) is 6.04 Å². The lowest BCUT2D eigenvalue weighted by Gasteiger charge is -2.22. The summed E-state index contributed by atoms with van der Waals surface area (Å²) in [5.74, 6) is 0. The first-order chi connectivity index (χ1) is 8.99. The molecule has 1 heterocycles. The molecule has 19 heavy (non-hydrogen) atoms. The number of rotatable bonds is 4. The summed E-state index contributed by atoms with van der Waals surface area (Å²) >= 11 is 11.4. The molecule has 1 unspecified atom stereocenters. The van der Waals surface area contributed by atoms with Crippen molar-refractivity contribution in [1.29, 1.82) is 0 Å². The molecule has 0 spiro atoms. The number of benzene rings is 1. The Morgan fingerprint density at radius 2 is 2.05 bits per heavy atom. The Labute approximate surface area is 131 Å². The van der Waals surface area contributed by atoms with Gasteiger partial charge in [-0.2, -0.15) is 0 Å². The molecule has 0 saturated heterocycles. The zero-order chi connectivity index (χ0) is 14.0. The van der Waals surface area contributed by atoms with Gasteiger partial charge in [-0.15, -0.1) is 11.3 Å². The minimum atomic E-state index is 0.228. The van der Waals surface area contributed by atoms with Crippen LogP contribution in [0.25, 0.3) is 0 Å². The lowest BCUT2D eigenvalue weighted by atomic mass is 10.2. The summed E-state index contributed by atoms with van der Waals surface area (Å²) < 4.78 is 1.14. The third kappa shape index (κ3) is 3.44. The molecule has 1 N–H and O–H groups in total. The van der Waals surface area contributed by atoms with Gasteiger partial charge in [0.15, 0.2) is 0 Å². The highest BCUT2D eigenvalue weighted by atomic mass is 79.9. The maximum atomic E-state index is 6.10. The van der Waals surface area contributed by atoms with E-state index in [1.807, 2.05) is 32.3 Å². The van der Waals surface area contributed by atoms with Crippen LogP contribution in [0, 0.1) is 0 Å². The Balaban J connectivity index is 2.28. The molecule has 0 fully saturated rings. The van der Waals surface area contributed by atoms with E-state index < -0.39 is 0 Å². The van der Waals surface area contributed by atoms with Gasteiger partial charge in [0.25, 0.3) is 0 Å². The summed E-state index contributed by atoms with van der Waals surface area (Å²) in [6.07, 6.45) is 0. The lowest BCUT2D eigenvalue weighted by molar-refractivity contribution is 0.901. The van der Waals surface area contributed by atoms with E-state index in [4.69, 9.17) is 11.6 Å². The second kappa shape index (κ2) is 6.16. The second-order valence-electron chi connectivity index (χ2n) is 4.55. The van der Waals surface area contributed by atoms with E-state index in [1.165, 1.54) is 4.88 Å². The van der Waals surface area contributed by atoms with E-state index in [0.29, 0.717) is 0 Å². The fourth-order valence-corrected chi connectivity index (χ4v) is 3.82. The van der Waals surface area contributed by atoms with Crippen LogP contribution in [-0.4, -0.2) is 14.1 Å². The Morgan fingerprint density at radius 3 is 2.63 bits per heavy atom. The van der Waals surface area contributed by atoms with Crippen molar-refractivity contribution in [3.05, 3.63) is 44.0 Å². The second-order valence-corrected chi connectivity index (χ2v) is 6.79. The number of hydrogen-bond donors (Lipinski definition) is 1. The highest BCUT2D eigenvalue weighted by Gasteiger charge is 2.13. The zero-order valence-corrected chi connectivity index (χ0v) is 14.2. The Bertz CT molecular complexity index is 568. The average Bonchev–Trinajstić information content (AvgIpc) is 2.75. The van der Waals surface area contributed by atoms with Crippen molar-refractivity contribution >= 4 is 50.2 Å². The van der Waals surface area contributed by atoms with Gasteiger partial charge >= 0.3 is 0 Å². The molecular formula is C14H16BrClN2S. The molecule has 2 aromatic rings. The number of nitrogens with one attached hydrogen (secondary N) is 1. The van der Waals surface area contributed by atoms with Crippen LogP contribution in [0.1, 0.15) is 17.8 Å². The number of halogens is 2. The minimum absolute atomic E-state index is 0.228. The summed E-state index contributed by atoms with van der Waals surface area (Å²) in [5.41, 5.74) is 2.18. The largest absolute Gasteiger partial charge is 0.376 e. The number of anilines is 2. The monoisotopic (exact) mass is 358 g/mol. The van der Waals surface area contributed by atoms with Gasteiger partial charge in [0.2, 0.25) is 0 Å². The van der Waals surface area contributed by atoms with Crippen molar-refractivity contribution < 1.29 is 0 Å². The maximum absolute atomic E-state index is 6.10. The number of thiophene rings is 1. The molecule has 0 radical (unpaired) electrons. The molecule has 2 rings (SSSR count). The highest BCUT2D eigenvalue weighted by molar-refractivity contribution is 9.10. The fraction of sp³-hybridized carbons (Fsp3) is 0.286. The Morgan fingerprint density at radius 1 is 1.32 bits per heavy atom. The summed E-state index contributed by atoms with van der Waals surface area (Å²) in [7, 11) is 4.06. The van der Waals surface area contributed by atoms with E-state index >= 15 is 0 Å². The maximum Gasteiger partial charge on any atom is 0.0598 e. The van der Waals surface area contributed by atoms with Gasteiger partial charge in [-0.05, 0) is 52.5 Å². The van der Waals surface area contributed by atoms with E-state index in [0.717, 1.165) is 20.9 Å². The van der Waals surface area contributed by atoms with Crippen molar-refractivity contribution in [2.75, 3.05) is 24.3 Å². The molecular weight excluding hydrogens is 344 g/mol. The minimum Gasteiger partial charge on any atom is -0.376 e. The standard InChI is InChI=1S/C14H16BrClN2S/c1-9(14-11(15)6-7-19-14)17-12-8-10(16)4-5-13(12)18(2)3/h4-9,17H,1-3H3.